The van der Waals surface area contributed by atoms with E-state index in [0.29, 0.717) is 25.9 Å². The molecule has 0 aromatic rings. The van der Waals surface area contributed by atoms with Crippen molar-refractivity contribution in [2.45, 2.75) is 74.5 Å². The molecular weight excluding hydrogens is 440 g/mol. The number of aliphatic hydroxyl groups excluding tert-OH is 1. The van der Waals surface area contributed by atoms with Crippen LogP contribution in [0.1, 0.15) is 52.4 Å². The maximum Gasteiger partial charge on any atom is 0.311 e. The third kappa shape index (κ3) is 4.48. The van der Waals surface area contributed by atoms with Crippen molar-refractivity contribution >= 4 is 29.5 Å². The number of ether oxygens (including phenoxy) is 1. The van der Waals surface area contributed by atoms with E-state index < -0.39 is 28.7 Å². The summed E-state index contributed by atoms with van der Waals surface area (Å²) < 4.78 is 4.71. The Morgan fingerprint density at radius 2 is 2.09 bits per heavy atom. The molecule has 3 rings (SSSR count). The van der Waals surface area contributed by atoms with Gasteiger partial charge in [-0.05, 0) is 25.7 Å². The van der Waals surface area contributed by atoms with Crippen LogP contribution in [0.25, 0.3) is 0 Å². The molecule has 7 nitrogen and oxygen atoms in total. The third-order valence-corrected chi connectivity index (χ3v) is 9.31. The monoisotopic (exact) mass is 478 g/mol. The maximum absolute atomic E-state index is 14.1. The van der Waals surface area contributed by atoms with Gasteiger partial charge in [-0.2, -0.15) is 0 Å². The van der Waals surface area contributed by atoms with Crippen LogP contribution in [0.3, 0.4) is 0 Å². The van der Waals surface area contributed by atoms with Gasteiger partial charge in [0.2, 0.25) is 11.8 Å². The summed E-state index contributed by atoms with van der Waals surface area (Å²) in [7, 11) is 0. The largest absolute Gasteiger partial charge is 0.461 e. The Bertz CT molecular complexity index is 770. The Morgan fingerprint density at radius 1 is 1.33 bits per heavy atom. The smallest absolute Gasteiger partial charge is 0.311 e. The first-order valence-electron chi connectivity index (χ1n) is 12.2. The van der Waals surface area contributed by atoms with Crippen LogP contribution in [-0.2, 0) is 19.1 Å². The summed E-state index contributed by atoms with van der Waals surface area (Å²) >= 11 is 1.62. The van der Waals surface area contributed by atoms with E-state index in [4.69, 9.17) is 4.74 Å². The maximum atomic E-state index is 14.1. The number of hydrogen-bond acceptors (Lipinski definition) is 6. The van der Waals surface area contributed by atoms with Crippen LogP contribution in [0.15, 0.2) is 25.3 Å². The number of esters is 1. The number of nitrogens with zero attached hydrogens (tertiary/aromatic N) is 2. The van der Waals surface area contributed by atoms with Crippen molar-refractivity contribution in [1.82, 2.24) is 9.80 Å². The van der Waals surface area contributed by atoms with Crippen molar-refractivity contribution in [1.29, 1.82) is 0 Å². The Balaban J connectivity index is 2.00. The standard InChI is InChI=1S/C25H38N2O5S/c1-5-9-10-14-26(13-6-2)23(30)21-25-12-11-18(33-25)19(24(31)32-15-7-3)20(25)22(29)27(21)17(8-4)16-28/h6-7,17-21,28H,2-3,5,8-16H2,1,4H3/t17-,18+,19-,20-,21?,25?/m0/s1. The van der Waals surface area contributed by atoms with E-state index in [1.54, 1.807) is 27.6 Å². The number of thioether (sulfide) groups is 1. The highest BCUT2D eigenvalue weighted by Crippen LogP contribution is 2.67. The minimum absolute atomic E-state index is 0.0316. The summed E-state index contributed by atoms with van der Waals surface area (Å²) in [6, 6.07) is -1.15. The summed E-state index contributed by atoms with van der Waals surface area (Å²) in [5.41, 5.74) is 0. The van der Waals surface area contributed by atoms with Crippen molar-refractivity contribution in [3.05, 3.63) is 25.3 Å². The highest BCUT2D eigenvalue weighted by atomic mass is 32.2. The number of rotatable bonds is 13. The molecule has 0 aromatic heterocycles. The number of aliphatic hydroxyl groups is 1. The van der Waals surface area contributed by atoms with E-state index in [-0.39, 0.29) is 36.2 Å². The van der Waals surface area contributed by atoms with Crippen LogP contribution in [-0.4, -0.2) is 81.1 Å². The lowest BCUT2D eigenvalue weighted by atomic mass is 9.71. The van der Waals surface area contributed by atoms with E-state index in [1.807, 2.05) is 6.92 Å². The summed E-state index contributed by atoms with van der Waals surface area (Å²) in [4.78, 5) is 44.3. The van der Waals surface area contributed by atoms with Gasteiger partial charge in [0.05, 0.1) is 29.2 Å². The van der Waals surface area contributed by atoms with Gasteiger partial charge in [0.1, 0.15) is 12.6 Å². The van der Waals surface area contributed by atoms with Crippen molar-refractivity contribution < 1.29 is 24.2 Å². The van der Waals surface area contributed by atoms with Crippen molar-refractivity contribution in [3.63, 3.8) is 0 Å². The first-order chi connectivity index (χ1) is 15.9. The molecule has 3 aliphatic rings. The van der Waals surface area contributed by atoms with Gasteiger partial charge in [0.25, 0.3) is 0 Å². The van der Waals surface area contributed by atoms with Crippen LogP contribution in [0.5, 0.6) is 0 Å². The zero-order valence-electron chi connectivity index (χ0n) is 19.9. The number of carbonyl (C=O) groups is 3. The normalized spacial score (nSPS) is 30.8. The molecule has 0 radical (unpaired) electrons. The first kappa shape index (κ1) is 25.8. The number of likely N-dealkylation sites (tertiary alicyclic amines) is 1. The van der Waals surface area contributed by atoms with Crippen LogP contribution < -0.4 is 0 Å². The molecule has 1 N–H and O–H groups in total. The van der Waals surface area contributed by atoms with Crippen molar-refractivity contribution in [3.8, 4) is 0 Å². The predicted octanol–water partition coefficient (Wildman–Crippen LogP) is 2.78. The van der Waals surface area contributed by atoms with E-state index in [9.17, 15) is 19.5 Å². The number of hydrogen-bond donors (Lipinski definition) is 1. The molecule has 2 amide bonds. The number of carbonyl (C=O) groups excluding carboxylic acids is 3. The lowest BCUT2D eigenvalue weighted by Gasteiger charge is -2.39. The minimum Gasteiger partial charge on any atom is -0.461 e. The fourth-order valence-electron chi connectivity index (χ4n) is 5.86. The Morgan fingerprint density at radius 3 is 2.70 bits per heavy atom. The van der Waals surface area contributed by atoms with Gasteiger partial charge in [-0.15, -0.1) is 18.3 Å². The molecule has 0 aliphatic carbocycles. The second-order valence-corrected chi connectivity index (χ2v) is 10.8. The molecule has 3 saturated heterocycles. The molecule has 33 heavy (non-hydrogen) atoms. The lowest BCUT2D eigenvalue weighted by molar-refractivity contribution is -0.153. The average molecular weight is 479 g/mol. The SMILES string of the molecule is C=CCOC(=O)[C@@H]1[C@H]2C(=O)N([C@@H](CC)CO)C(C(=O)N(CC=C)CCCCC)C23CC[C@H]1S3. The van der Waals surface area contributed by atoms with Crippen LogP contribution in [0.4, 0.5) is 0 Å². The zero-order chi connectivity index (χ0) is 24.2. The minimum atomic E-state index is -0.694. The van der Waals surface area contributed by atoms with Gasteiger partial charge in [-0.3, -0.25) is 14.4 Å². The average Bonchev–Trinajstić information content (AvgIpc) is 3.45. The molecule has 6 atom stereocenters. The Labute approximate surface area is 201 Å². The van der Waals surface area contributed by atoms with E-state index >= 15 is 0 Å². The Kier molecular flexibility index (Phi) is 8.67. The predicted molar refractivity (Wildman–Crippen MR) is 130 cm³/mol. The van der Waals surface area contributed by atoms with Crippen molar-refractivity contribution in [2.24, 2.45) is 11.8 Å². The molecule has 2 unspecified atom stereocenters. The van der Waals surface area contributed by atoms with E-state index in [2.05, 4.69) is 20.1 Å². The molecule has 184 valence electrons. The Hall–Kier alpha value is -1.80. The number of fused-ring (bicyclic) bond motifs is 1. The number of amides is 2. The molecule has 2 bridgehead atoms. The highest BCUT2D eigenvalue weighted by Gasteiger charge is 2.74. The van der Waals surface area contributed by atoms with Crippen LogP contribution >= 0.6 is 11.8 Å². The van der Waals surface area contributed by atoms with Crippen molar-refractivity contribution in [2.75, 3.05) is 26.3 Å². The van der Waals surface area contributed by atoms with Crippen LogP contribution in [0, 0.1) is 11.8 Å². The van der Waals surface area contributed by atoms with E-state index in [1.165, 1.54) is 6.08 Å². The second kappa shape index (κ2) is 11.1. The molecule has 8 heteroatoms. The zero-order valence-corrected chi connectivity index (χ0v) is 20.7. The van der Waals surface area contributed by atoms with Gasteiger partial charge in [0, 0.05) is 18.3 Å². The molecule has 1 spiro atoms. The summed E-state index contributed by atoms with van der Waals surface area (Å²) in [6.45, 7) is 12.4. The van der Waals surface area contributed by atoms with E-state index in [0.717, 1.165) is 25.7 Å². The summed E-state index contributed by atoms with van der Waals surface area (Å²) in [5, 5.41) is 10.1. The molecule has 0 aromatic carbocycles. The van der Waals surface area contributed by atoms with Gasteiger partial charge >= 0.3 is 5.97 Å². The molecule has 3 aliphatic heterocycles. The van der Waals surface area contributed by atoms with Crippen LogP contribution in [0.2, 0.25) is 0 Å². The molecular formula is C25H38N2O5S. The topological polar surface area (TPSA) is 87.1 Å². The highest BCUT2D eigenvalue weighted by molar-refractivity contribution is 8.02. The lowest BCUT2D eigenvalue weighted by Crippen LogP contribution is -2.57. The van der Waals surface area contributed by atoms with Gasteiger partial charge < -0.3 is 19.6 Å². The number of unbranched alkanes of at least 4 members (excludes halogenated alkanes) is 2. The fourth-order valence-corrected chi connectivity index (χ4v) is 8.04. The third-order valence-electron chi connectivity index (χ3n) is 7.36. The second-order valence-electron chi connectivity index (χ2n) is 9.24. The summed E-state index contributed by atoms with van der Waals surface area (Å²) in [5.74, 6) is -1.85. The quantitative estimate of drug-likeness (QED) is 0.249. The molecule has 0 saturated carbocycles. The summed E-state index contributed by atoms with van der Waals surface area (Å²) in [6.07, 6.45) is 8.20. The van der Waals surface area contributed by atoms with Gasteiger partial charge in [-0.25, -0.2) is 0 Å². The molecule has 3 heterocycles. The molecule has 3 fully saturated rings. The fraction of sp³-hybridized carbons (Fsp3) is 0.720. The van der Waals surface area contributed by atoms with Gasteiger partial charge in [-0.1, -0.05) is 45.4 Å². The van der Waals surface area contributed by atoms with Gasteiger partial charge in [0.15, 0.2) is 0 Å². The first-order valence-corrected chi connectivity index (χ1v) is 13.1.